The number of ether oxygens (including phenoxy) is 1. The highest BCUT2D eigenvalue weighted by Gasteiger charge is 2.05. The Labute approximate surface area is 120 Å². The van der Waals surface area contributed by atoms with Gasteiger partial charge in [0.05, 0.1) is 11.8 Å². The van der Waals surface area contributed by atoms with Crippen LogP contribution in [0.1, 0.15) is 18.7 Å². The van der Waals surface area contributed by atoms with Gasteiger partial charge < -0.3 is 10.1 Å². The predicted molar refractivity (Wildman–Crippen MR) is 81.6 cm³/mol. The summed E-state index contributed by atoms with van der Waals surface area (Å²) >= 11 is 5.20. The van der Waals surface area contributed by atoms with Gasteiger partial charge in [0.2, 0.25) is 0 Å². The summed E-state index contributed by atoms with van der Waals surface area (Å²) in [4.78, 5) is 1.29. The van der Waals surface area contributed by atoms with Crippen LogP contribution in [0.25, 0.3) is 0 Å². The molecule has 4 heteroatoms. The van der Waals surface area contributed by atoms with Crippen LogP contribution < -0.4 is 10.1 Å². The molecule has 0 spiro atoms. The Morgan fingerprint density at radius 2 is 2.11 bits per heavy atom. The Morgan fingerprint density at radius 3 is 2.78 bits per heavy atom. The molecule has 1 heterocycles. The van der Waals surface area contributed by atoms with Crippen molar-refractivity contribution in [3.63, 3.8) is 0 Å². The molecule has 0 aliphatic carbocycles. The summed E-state index contributed by atoms with van der Waals surface area (Å²) in [5.41, 5.74) is 1.04. The number of hydrogen-bond acceptors (Lipinski definition) is 3. The van der Waals surface area contributed by atoms with Crippen molar-refractivity contribution in [3.05, 3.63) is 45.1 Å². The molecule has 0 atom stereocenters. The third-order valence-corrected chi connectivity index (χ3v) is 4.02. The van der Waals surface area contributed by atoms with Crippen molar-refractivity contribution in [1.82, 2.24) is 0 Å². The molecule has 2 nitrogen and oxygen atoms in total. The van der Waals surface area contributed by atoms with E-state index >= 15 is 0 Å². The maximum Gasteiger partial charge on any atom is 0.142 e. The Morgan fingerprint density at radius 1 is 1.33 bits per heavy atom. The topological polar surface area (TPSA) is 21.3 Å². The lowest BCUT2D eigenvalue weighted by molar-refractivity contribution is 0.243. The summed E-state index contributed by atoms with van der Waals surface area (Å²) < 4.78 is 6.91. The second kappa shape index (κ2) is 6.25. The van der Waals surface area contributed by atoms with E-state index in [0.29, 0.717) is 0 Å². The Kier molecular flexibility index (Phi) is 4.66. The van der Waals surface area contributed by atoms with E-state index in [1.807, 2.05) is 38.1 Å². The van der Waals surface area contributed by atoms with E-state index in [0.717, 1.165) is 22.5 Å². The maximum absolute atomic E-state index is 5.77. The molecule has 0 aliphatic heterocycles. The molecule has 1 aromatic carbocycles. The largest absolute Gasteiger partial charge is 0.489 e. The number of nitrogens with one attached hydrogen (secondary N) is 1. The van der Waals surface area contributed by atoms with Gasteiger partial charge in [-0.05, 0) is 48.0 Å². The molecule has 0 saturated heterocycles. The van der Waals surface area contributed by atoms with Crippen molar-refractivity contribution in [2.45, 2.75) is 26.5 Å². The molecular weight excluding hydrogens is 310 g/mol. The van der Waals surface area contributed by atoms with Crippen LogP contribution in [0.15, 0.2) is 40.2 Å². The van der Waals surface area contributed by atoms with Crippen LogP contribution in [0.4, 0.5) is 5.69 Å². The van der Waals surface area contributed by atoms with Gasteiger partial charge in [-0.1, -0.05) is 12.1 Å². The van der Waals surface area contributed by atoms with Crippen molar-refractivity contribution in [2.24, 2.45) is 0 Å². The minimum Gasteiger partial charge on any atom is -0.489 e. The standard InChI is InChI=1S/C14H16BrNOS/c1-10(2)17-14-6-4-3-5-13(14)16-8-12-7-11(15)9-18-12/h3-7,9-10,16H,8H2,1-2H3. The van der Waals surface area contributed by atoms with Gasteiger partial charge in [-0.25, -0.2) is 0 Å². The van der Waals surface area contributed by atoms with Crippen molar-refractivity contribution in [3.8, 4) is 5.75 Å². The first-order chi connectivity index (χ1) is 8.65. The SMILES string of the molecule is CC(C)Oc1ccccc1NCc1cc(Br)cs1. The zero-order chi connectivity index (χ0) is 13.0. The van der Waals surface area contributed by atoms with E-state index in [-0.39, 0.29) is 6.10 Å². The minimum absolute atomic E-state index is 0.184. The molecule has 0 unspecified atom stereocenters. The molecule has 18 heavy (non-hydrogen) atoms. The number of anilines is 1. The highest BCUT2D eigenvalue weighted by atomic mass is 79.9. The van der Waals surface area contributed by atoms with Crippen molar-refractivity contribution in [1.29, 1.82) is 0 Å². The van der Waals surface area contributed by atoms with Gasteiger partial charge in [0.15, 0.2) is 0 Å². The summed E-state index contributed by atoms with van der Waals surface area (Å²) in [6, 6.07) is 10.2. The summed E-state index contributed by atoms with van der Waals surface area (Å²) in [5, 5.41) is 5.50. The van der Waals surface area contributed by atoms with E-state index in [1.165, 1.54) is 4.88 Å². The fourth-order valence-corrected chi connectivity index (χ4v) is 2.99. The van der Waals surface area contributed by atoms with Gasteiger partial charge in [0.25, 0.3) is 0 Å². The van der Waals surface area contributed by atoms with Crippen LogP contribution in [-0.4, -0.2) is 6.10 Å². The normalized spacial score (nSPS) is 10.7. The number of para-hydroxylation sites is 2. The average Bonchev–Trinajstić information content (AvgIpc) is 2.73. The molecule has 96 valence electrons. The molecule has 2 rings (SSSR count). The Bertz CT molecular complexity index is 510. The lowest BCUT2D eigenvalue weighted by Gasteiger charge is -2.15. The van der Waals surface area contributed by atoms with Gasteiger partial charge in [0.1, 0.15) is 5.75 Å². The first-order valence-corrected chi connectivity index (χ1v) is 7.55. The lowest BCUT2D eigenvalue weighted by Crippen LogP contribution is -2.08. The van der Waals surface area contributed by atoms with Crippen molar-refractivity contribution < 1.29 is 4.74 Å². The smallest absolute Gasteiger partial charge is 0.142 e. The highest BCUT2D eigenvalue weighted by molar-refractivity contribution is 9.10. The number of hydrogen-bond donors (Lipinski definition) is 1. The van der Waals surface area contributed by atoms with Gasteiger partial charge in [-0.3, -0.25) is 0 Å². The fourth-order valence-electron chi connectivity index (χ4n) is 1.60. The van der Waals surface area contributed by atoms with E-state index in [1.54, 1.807) is 11.3 Å². The second-order valence-electron chi connectivity index (χ2n) is 4.25. The van der Waals surface area contributed by atoms with Crippen LogP contribution in [0, 0.1) is 0 Å². The van der Waals surface area contributed by atoms with Crippen LogP contribution in [-0.2, 0) is 6.54 Å². The molecule has 0 bridgehead atoms. The minimum atomic E-state index is 0.184. The van der Waals surface area contributed by atoms with Gasteiger partial charge in [-0.15, -0.1) is 11.3 Å². The second-order valence-corrected chi connectivity index (χ2v) is 6.16. The number of rotatable bonds is 5. The first-order valence-electron chi connectivity index (χ1n) is 5.87. The van der Waals surface area contributed by atoms with Crippen LogP contribution >= 0.6 is 27.3 Å². The van der Waals surface area contributed by atoms with Gasteiger partial charge in [-0.2, -0.15) is 0 Å². The van der Waals surface area contributed by atoms with E-state index in [2.05, 4.69) is 32.7 Å². The van der Waals surface area contributed by atoms with Crippen LogP contribution in [0.3, 0.4) is 0 Å². The summed E-state index contributed by atoms with van der Waals surface area (Å²) in [7, 11) is 0. The monoisotopic (exact) mass is 325 g/mol. The number of thiophene rings is 1. The average molecular weight is 326 g/mol. The third kappa shape index (κ3) is 3.75. The Balaban J connectivity index is 2.04. The third-order valence-electron chi connectivity index (χ3n) is 2.32. The summed E-state index contributed by atoms with van der Waals surface area (Å²) in [6.07, 6.45) is 0.184. The zero-order valence-electron chi connectivity index (χ0n) is 10.4. The van der Waals surface area contributed by atoms with E-state index < -0.39 is 0 Å². The molecular formula is C14H16BrNOS. The van der Waals surface area contributed by atoms with Crippen molar-refractivity contribution in [2.75, 3.05) is 5.32 Å². The summed E-state index contributed by atoms with van der Waals surface area (Å²) in [5.74, 6) is 0.906. The van der Waals surface area contributed by atoms with Gasteiger partial charge in [0, 0.05) is 21.3 Å². The quantitative estimate of drug-likeness (QED) is 0.843. The molecule has 2 aromatic rings. The molecule has 0 aliphatic rings. The number of halogens is 1. The first kappa shape index (κ1) is 13.4. The maximum atomic E-state index is 5.77. The predicted octanol–water partition coefficient (Wildman–Crippen LogP) is 4.91. The molecule has 0 radical (unpaired) electrons. The lowest BCUT2D eigenvalue weighted by atomic mass is 10.3. The van der Waals surface area contributed by atoms with Crippen LogP contribution in [0.2, 0.25) is 0 Å². The zero-order valence-corrected chi connectivity index (χ0v) is 12.8. The van der Waals surface area contributed by atoms with Gasteiger partial charge >= 0.3 is 0 Å². The molecule has 0 saturated carbocycles. The molecule has 0 fully saturated rings. The fraction of sp³-hybridized carbons (Fsp3) is 0.286. The van der Waals surface area contributed by atoms with E-state index in [9.17, 15) is 0 Å². The molecule has 0 amide bonds. The van der Waals surface area contributed by atoms with Crippen LogP contribution in [0.5, 0.6) is 5.75 Å². The van der Waals surface area contributed by atoms with E-state index in [4.69, 9.17) is 4.74 Å². The number of benzene rings is 1. The summed E-state index contributed by atoms with van der Waals surface area (Å²) in [6.45, 7) is 4.88. The van der Waals surface area contributed by atoms with Crippen molar-refractivity contribution >= 4 is 33.0 Å². The Hall–Kier alpha value is -1.000. The molecule has 1 aromatic heterocycles. The highest BCUT2D eigenvalue weighted by Crippen LogP contribution is 2.27. The molecule has 1 N–H and O–H groups in total.